The van der Waals surface area contributed by atoms with E-state index in [1.54, 1.807) is 12.1 Å². The highest BCUT2D eigenvalue weighted by atomic mass is 16.3. The van der Waals surface area contributed by atoms with Crippen molar-refractivity contribution < 1.29 is 9.90 Å². The Morgan fingerprint density at radius 2 is 2.00 bits per heavy atom. The van der Waals surface area contributed by atoms with Crippen LogP contribution in [0, 0.1) is 24.2 Å². The molecule has 0 aromatic heterocycles. The minimum atomic E-state index is -0.0295. The van der Waals surface area contributed by atoms with Gasteiger partial charge in [-0.05, 0) is 49.8 Å². The Morgan fingerprint density at radius 3 is 2.55 bits per heavy atom. The van der Waals surface area contributed by atoms with Gasteiger partial charge in [0, 0.05) is 0 Å². The molecule has 2 rings (SSSR count). The predicted molar refractivity (Wildman–Crippen MR) is 81.7 cm³/mol. The first-order valence-electron chi connectivity index (χ1n) is 6.99. The second kappa shape index (κ2) is 4.97. The van der Waals surface area contributed by atoms with E-state index in [0.717, 1.165) is 5.56 Å². The lowest BCUT2D eigenvalue weighted by atomic mass is 10.1. The van der Waals surface area contributed by atoms with Crippen LogP contribution in [-0.2, 0) is 4.79 Å². The van der Waals surface area contributed by atoms with E-state index in [2.05, 4.69) is 39.1 Å². The van der Waals surface area contributed by atoms with E-state index in [-0.39, 0.29) is 28.9 Å². The van der Waals surface area contributed by atoms with Crippen molar-refractivity contribution in [3.63, 3.8) is 0 Å². The molecule has 108 valence electrons. The number of rotatable bonds is 3. The van der Waals surface area contributed by atoms with Gasteiger partial charge >= 0.3 is 0 Å². The number of aromatic hydroxyl groups is 1. The van der Waals surface area contributed by atoms with Crippen LogP contribution >= 0.6 is 0 Å². The summed E-state index contributed by atoms with van der Waals surface area (Å²) in [6.07, 6.45) is 2.17. The first-order chi connectivity index (χ1) is 9.23. The van der Waals surface area contributed by atoms with Gasteiger partial charge in [-0.2, -0.15) is 0 Å². The van der Waals surface area contributed by atoms with Crippen LogP contribution in [0.4, 0.5) is 5.69 Å². The van der Waals surface area contributed by atoms with Gasteiger partial charge in [0.2, 0.25) is 5.91 Å². The van der Waals surface area contributed by atoms with Gasteiger partial charge in [-0.3, -0.25) is 4.79 Å². The molecule has 2 atom stereocenters. The number of anilines is 1. The Balaban J connectivity index is 2.12. The Hall–Kier alpha value is -1.77. The number of carbonyl (C=O) groups is 1. The van der Waals surface area contributed by atoms with Gasteiger partial charge in [-0.15, -0.1) is 0 Å². The summed E-state index contributed by atoms with van der Waals surface area (Å²) in [5, 5.41) is 12.7. The molecule has 0 aliphatic heterocycles. The summed E-state index contributed by atoms with van der Waals surface area (Å²) in [6.45, 7) is 10.2. The fraction of sp³-hybridized carbons (Fsp3) is 0.471. The Labute approximate surface area is 120 Å². The van der Waals surface area contributed by atoms with Gasteiger partial charge in [0.25, 0.3) is 0 Å². The molecule has 20 heavy (non-hydrogen) atoms. The highest BCUT2D eigenvalue weighted by Crippen LogP contribution is 2.59. The molecule has 0 spiro atoms. The lowest BCUT2D eigenvalue weighted by Gasteiger charge is -2.08. The molecule has 2 unspecified atom stereocenters. The maximum absolute atomic E-state index is 12.4. The SMILES string of the molecule is CC(C)=CC1C(C(=O)Nc2ccc(C)cc2O)C1(C)C. The predicted octanol–water partition coefficient (Wildman–Crippen LogP) is 3.88. The van der Waals surface area contributed by atoms with Crippen molar-refractivity contribution in [1.29, 1.82) is 0 Å². The zero-order valence-corrected chi connectivity index (χ0v) is 12.8. The minimum absolute atomic E-state index is 0.0122. The van der Waals surface area contributed by atoms with Crippen LogP contribution in [-0.4, -0.2) is 11.0 Å². The zero-order valence-electron chi connectivity index (χ0n) is 12.8. The van der Waals surface area contributed by atoms with Gasteiger partial charge in [-0.1, -0.05) is 31.6 Å². The number of phenolic OH excluding ortho intramolecular Hbond substituents is 1. The average molecular weight is 273 g/mol. The van der Waals surface area contributed by atoms with E-state index in [1.807, 2.05) is 13.0 Å². The smallest absolute Gasteiger partial charge is 0.228 e. The molecule has 0 heterocycles. The van der Waals surface area contributed by atoms with Crippen molar-refractivity contribution in [3.8, 4) is 5.75 Å². The molecule has 1 fully saturated rings. The largest absolute Gasteiger partial charge is 0.506 e. The molecule has 0 radical (unpaired) electrons. The molecule has 1 saturated carbocycles. The quantitative estimate of drug-likeness (QED) is 0.648. The topological polar surface area (TPSA) is 49.3 Å². The first kappa shape index (κ1) is 14.6. The minimum Gasteiger partial charge on any atom is -0.506 e. The normalized spacial score (nSPS) is 23.1. The highest BCUT2D eigenvalue weighted by Gasteiger charge is 2.60. The van der Waals surface area contributed by atoms with E-state index in [9.17, 15) is 9.90 Å². The van der Waals surface area contributed by atoms with Crippen molar-refractivity contribution in [2.45, 2.75) is 34.6 Å². The second-order valence-corrected chi connectivity index (χ2v) is 6.58. The number of amides is 1. The average Bonchev–Trinajstić information content (AvgIpc) is 2.83. The molecule has 2 N–H and O–H groups in total. The Bertz CT molecular complexity index is 568. The van der Waals surface area contributed by atoms with E-state index < -0.39 is 0 Å². The van der Waals surface area contributed by atoms with Crippen LogP contribution in [0.15, 0.2) is 29.8 Å². The molecule has 0 bridgehead atoms. The number of hydrogen-bond acceptors (Lipinski definition) is 2. The maximum atomic E-state index is 12.4. The van der Waals surface area contributed by atoms with Crippen LogP contribution in [0.25, 0.3) is 0 Å². The lowest BCUT2D eigenvalue weighted by Crippen LogP contribution is -2.17. The van der Waals surface area contributed by atoms with Crippen LogP contribution < -0.4 is 5.32 Å². The summed E-state index contributed by atoms with van der Waals surface area (Å²) in [5.41, 5.74) is 2.67. The van der Waals surface area contributed by atoms with E-state index in [0.29, 0.717) is 5.69 Å². The fourth-order valence-electron chi connectivity index (χ4n) is 2.81. The van der Waals surface area contributed by atoms with Crippen LogP contribution in [0.5, 0.6) is 5.75 Å². The van der Waals surface area contributed by atoms with Gasteiger partial charge in [-0.25, -0.2) is 0 Å². The van der Waals surface area contributed by atoms with Gasteiger partial charge in [0.15, 0.2) is 0 Å². The molecule has 3 heteroatoms. The summed E-state index contributed by atoms with van der Waals surface area (Å²) < 4.78 is 0. The summed E-state index contributed by atoms with van der Waals surface area (Å²) >= 11 is 0. The maximum Gasteiger partial charge on any atom is 0.228 e. The molecule has 3 nitrogen and oxygen atoms in total. The summed E-state index contributed by atoms with van der Waals surface area (Å²) in [6, 6.07) is 5.27. The van der Waals surface area contributed by atoms with E-state index >= 15 is 0 Å². The third-order valence-electron chi connectivity index (χ3n) is 4.12. The van der Waals surface area contributed by atoms with E-state index in [1.165, 1.54) is 5.57 Å². The van der Waals surface area contributed by atoms with Gasteiger partial charge < -0.3 is 10.4 Å². The third kappa shape index (κ3) is 2.72. The number of allylic oxidation sites excluding steroid dienone is 2. The number of nitrogens with one attached hydrogen (secondary N) is 1. The number of aryl methyl sites for hydroxylation is 1. The first-order valence-corrected chi connectivity index (χ1v) is 6.99. The van der Waals surface area contributed by atoms with Crippen LogP contribution in [0.3, 0.4) is 0 Å². The molecular weight excluding hydrogens is 250 g/mol. The molecule has 1 aromatic carbocycles. The van der Waals surface area contributed by atoms with Crippen LogP contribution in [0.1, 0.15) is 33.3 Å². The summed E-state index contributed by atoms with van der Waals surface area (Å²) in [7, 11) is 0. The number of benzene rings is 1. The molecule has 0 saturated heterocycles. The van der Waals surface area contributed by atoms with Crippen molar-refractivity contribution in [2.24, 2.45) is 17.3 Å². The number of carbonyl (C=O) groups excluding carboxylic acids is 1. The highest BCUT2D eigenvalue weighted by molar-refractivity contribution is 5.96. The van der Waals surface area contributed by atoms with Crippen molar-refractivity contribution in [2.75, 3.05) is 5.32 Å². The van der Waals surface area contributed by atoms with E-state index in [4.69, 9.17) is 0 Å². The molecule has 1 aromatic rings. The van der Waals surface area contributed by atoms with Crippen molar-refractivity contribution in [3.05, 3.63) is 35.4 Å². The number of phenols is 1. The zero-order chi connectivity index (χ0) is 15.1. The third-order valence-corrected chi connectivity index (χ3v) is 4.12. The van der Waals surface area contributed by atoms with Gasteiger partial charge in [0.05, 0.1) is 11.6 Å². The Morgan fingerprint density at radius 1 is 1.35 bits per heavy atom. The molecular formula is C17H23NO2. The van der Waals surface area contributed by atoms with Crippen molar-refractivity contribution >= 4 is 11.6 Å². The number of hydrogen-bond donors (Lipinski definition) is 2. The standard InChI is InChI=1S/C17H23NO2/c1-10(2)8-12-15(17(12,4)5)16(20)18-13-7-6-11(3)9-14(13)19/h6-9,12,15,19H,1-5H3,(H,18,20). The summed E-state index contributed by atoms with van der Waals surface area (Å²) in [4.78, 5) is 12.4. The lowest BCUT2D eigenvalue weighted by molar-refractivity contribution is -0.118. The van der Waals surface area contributed by atoms with Crippen molar-refractivity contribution in [1.82, 2.24) is 0 Å². The second-order valence-electron chi connectivity index (χ2n) is 6.58. The molecule has 1 amide bonds. The molecule has 1 aliphatic rings. The fourth-order valence-corrected chi connectivity index (χ4v) is 2.81. The van der Waals surface area contributed by atoms with Gasteiger partial charge in [0.1, 0.15) is 5.75 Å². The molecule has 1 aliphatic carbocycles. The van der Waals surface area contributed by atoms with Crippen LogP contribution in [0.2, 0.25) is 0 Å². The summed E-state index contributed by atoms with van der Waals surface area (Å²) in [5.74, 6) is 0.352. The Kier molecular flexibility index (Phi) is 3.63. The monoisotopic (exact) mass is 273 g/mol.